The number of aromatic amines is 1. The highest BCUT2D eigenvalue weighted by Gasteiger charge is 2.38. The number of amides is 4. The molecule has 60 heavy (non-hydrogen) atoms. The van der Waals surface area contributed by atoms with E-state index in [0.717, 1.165) is 81.1 Å². The van der Waals surface area contributed by atoms with Gasteiger partial charge in [0.2, 0.25) is 5.91 Å². The Bertz CT molecular complexity index is 2560. The van der Waals surface area contributed by atoms with Crippen molar-refractivity contribution in [1.82, 2.24) is 40.1 Å². The number of nitrogen functional groups attached to an aromatic ring is 1. The summed E-state index contributed by atoms with van der Waals surface area (Å²) in [7, 11) is 2.54. The third kappa shape index (κ3) is 7.60. The quantitative estimate of drug-likeness (QED) is 0.115. The van der Waals surface area contributed by atoms with Gasteiger partial charge in [0.1, 0.15) is 36.6 Å². The van der Waals surface area contributed by atoms with Crippen LogP contribution in [0.4, 0.5) is 9.59 Å². The molecule has 2 aliphatic heterocycles. The third-order valence-electron chi connectivity index (χ3n) is 11.8. The number of allylic oxidation sites excluding steroid dienone is 2. The molecule has 16 heteroatoms. The Morgan fingerprint density at radius 1 is 1.07 bits per heavy atom. The van der Waals surface area contributed by atoms with Crippen LogP contribution in [0.15, 0.2) is 72.5 Å². The number of rotatable bonds is 11. The van der Waals surface area contributed by atoms with Crippen molar-refractivity contribution in [3.05, 3.63) is 89.7 Å². The van der Waals surface area contributed by atoms with E-state index in [1.54, 1.807) is 11.1 Å². The summed E-state index contributed by atoms with van der Waals surface area (Å²) < 4.78 is 17.4. The zero-order valence-corrected chi connectivity index (χ0v) is 34.1. The van der Waals surface area contributed by atoms with E-state index in [1.807, 2.05) is 55.2 Å². The van der Waals surface area contributed by atoms with Gasteiger partial charge in [-0.15, -0.1) is 0 Å². The number of methoxy groups -OCH3 is 2. The van der Waals surface area contributed by atoms with Gasteiger partial charge in [-0.3, -0.25) is 9.59 Å². The first-order valence-electron chi connectivity index (χ1n) is 20.3. The molecule has 0 bridgehead atoms. The minimum atomic E-state index is -0.857. The SMILES string of the molecule is CC[C@H](C)N(Cc1ncc(-c2ccc3c(c2)COc2cc4c(ccc5nc(C6CCCN6C(=O)[C@H](NC(=O)OC)C6=CCCC=C6)[nH]c54)cc2-3)n1N)C(=O)CNC(=O)OC. The zero-order valence-electron chi connectivity index (χ0n) is 34.1. The number of fused-ring (bicyclic) bond motifs is 6. The minimum Gasteiger partial charge on any atom is -0.488 e. The number of alkyl carbamates (subject to hydrolysis) is 2. The number of nitrogens with two attached hydrogens (primary N) is 1. The van der Waals surface area contributed by atoms with Crippen LogP contribution in [0.2, 0.25) is 0 Å². The second-order valence-corrected chi connectivity index (χ2v) is 15.3. The van der Waals surface area contributed by atoms with E-state index >= 15 is 0 Å². The fourth-order valence-electron chi connectivity index (χ4n) is 8.34. The number of carbonyl (C=O) groups excluding carboxylic acids is 4. The van der Waals surface area contributed by atoms with Gasteiger partial charge in [-0.2, -0.15) is 0 Å². The van der Waals surface area contributed by atoms with E-state index in [1.165, 1.54) is 18.9 Å². The number of ether oxygens (including phenoxy) is 3. The van der Waals surface area contributed by atoms with Crippen LogP contribution in [-0.2, 0) is 32.2 Å². The Labute approximate surface area is 346 Å². The maximum Gasteiger partial charge on any atom is 0.407 e. The smallest absolute Gasteiger partial charge is 0.407 e. The van der Waals surface area contributed by atoms with Gasteiger partial charge in [0, 0.05) is 29.1 Å². The van der Waals surface area contributed by atoms with Gasteiger partial charge in [0.25, 0.3) is 5.91 Å². The normalized spacial score (nSPS) is 16.6. The average Bonchev–Trinajstić information content (AvgIpc) is 4.04. The van der Waals surface area contributed by atoms with Gasteiger partial charge in [0.05, 0.1) is 49.7 Å². The van der Waals surface area contributed by atoms with Gasteiger partial charge < -0.3 is 45.5 Å². The molecule has 0 spiro atoms. The maximum absolute atomic E-state index is 14.1. The lowest BCUT2D eigenvalue weighted by Gasteiger charge is -2.29. The van der Waals surface area contributed by atoms with Crippen LogP contribution < -0.4 is 21.2 Å². The number of imidazole rings is 2. The molecule has 4 heterocycles. The first-order chi connectivity index (χ1) is 29.1. The Morgan fingerprint density at radius 3 is 2.67 bits per heavy atom. The Hall–Kier alpha value is -6.84. The topological polar surface area (TPSA) is 199 Å². The zero-order chi connectivity index (χ0) is 42.1. The molecule has 3 aromatic carbocycles. The molecule has 2 aromatic heterocycles. The van der Waals surface area contributed by atoms with Crippen LogP contribution in [0.25, 0.3) is 44.2 Å². The van der Waals surface area contributed by atoms with E-state index in [0.29, 0.717) is 36.9 Å². The highest BCUT2D eigenvalue weighted by atomic mass is 16.5. The number of nitrogens with zero attached hydrogens (tertiary/aromatic N) is 5. The second kappa shape index (κ2) is 16.8. The van der Waals surface area contributed by atoms with E-state index in [2.05, 4.69) is 49.6 Å². The molecule has 4 amide bonds. The van der Waals surface area contributed by atoms with Gasteiger partial charge in [-0.05, 0) is 85.4 Å². The van der Waals surface area contributed by atoms with Crippen LogP contribution in [0.3, 0.4) is 0 Å². The van der Waals surface area contributed by atoms with E-state index in [9.17, 15) is 19.2 Å². The van der Waals surface area contributed by atoms with Crippen LogP contribution in [0.5, 0.6) is 5.75 Å². The van der Waals surface area contributed by atoms with E-state index < -0.39 is 18.2 Å². The molecule has 5 aromatic rings. The van der Waals surface area contributed by atoms with Crippen LogP contribution in [0.1, 0.15) is 69.2 Å². The molecule has 5 N–H and O–H groups in total. The molecule has 1 fully saturated rings. The van der Waals surface area contributed by atoms with Gasteiger partial charge in [-0.25, -0.2) is 24.2 Å². The summed E-state index contributed by atoms with van der Waals surface area (Å²) in [4.78, 5) is 67.7. The largest absolute Gasteiger partial charge is 0.488 e. The third-order valence-corrected chi connectivity index (χ3v) is 11.8. The van der Waals surface area contributed by atoms with Crippen molar-refractivity contribution >= 4 is 45.8 Å². The monoisotopic (exact) mass is 815 g/mol. The Kier molecular flexibility index (Phi) is 11.2. The second-order valence-electron chi connectivity index (χ2n) is 15.3. The fraction of sp³-hybridized carbons (Fsp3) is 0.364. The van der Waals surface area contributed by atoms with Crippen molar-refractivity contribution < 1.29 is 33.4 Å². The number of aromatic nitrogens is 4. The predicted octanol–water partition coefficient (Wildman–Crippen LogP) is 6.00. The van der Waals surface area contributed by atoms with Gasteiger partial charge in [0.15, 0.2) is 0 Å². The van der Waals surface area contributed by atoms with Crippen LogP contribution in [0, 0.1) is 0 Å². The molecule has 8 rings (SSSR count). The lowest BCUT2D eigenvalue weighted by molar-refractivity contribution is -0.134. The Balaban J connectivity index is 1.04. The summed E-state index contributed by atoms with van der Waals surface area (Å²) in [5.74, 6) is 8.07. The van der Waals surface area contributed by atoms with Gasteiger partial charge in [-0.1, -0.05) is 43.4 Å². The van der Waals surface area contributed by atoms with Crippen LogP contribution >= 0.6 is 0 Å². The molecule has 0 saturated carbocycles. The first-order valence-corrected chi connectivity index (χ1v) is 20.3. The van der Waals surface area contributed by atoms with Crippen molar-refractivity contribution in [3.8, 4) is 28.1 Å². The molecule has 1 unspecified atom stereocenters. The first kappa shape index (κ1) is 40.0. The number of nitrogens with one attached hydrogen (secondary N) is 3. The van der Waals surface area contributed by atoms with Crippen molar-refractivity contribution in [3.63, 3.8) is 0 Å². The van der Waals surface area contributed by atoms with E-state index in [-0.39, 0.29) is 37.0 Å². The summed E-state index contributed by atoms with van der Waals surface area (Å²) in [6.07, 6.45) is 10.2. The summed E-state index contributed by atoms with van der Waals surface area (Å²) in [5, 5.41) is 7.17. The highest BCUT2D eigenvalue weighted by molar-refractivity contribution is 6.07. The number of benzene rings is 3. The molecular formula is C44H49N9O7. The van der Waals surface area contributed by atoms with Crippen LogP contribution in [-0.4, -0.2) is 92.8 Å². The average molecular weight is 816 g/mol. The lowest BCUT2D eigenvalue weighted by atomic mass is 9.92. The highest BCUT2D eigenvalue weighted by Crippen LogP contribution is 2.43. The maximum atomic E-state index is 14.1. The van der Waals surface area contributed by atoms with Crippen molar-refractivity contribution in [2.24, 2.45) is 0 Å². The molecule has 312 valence electrons. The Morgan fingerprint density at radius 2 is 1.90 bits per heavy atom. The number of carbonyl (C=O) groups is 4. The lowest BCUT2D eigenvalue weighted by Crippen LogP contribution is -2.49. The molecule has 3 atom stereocenters. The van der Waals surface area contributed by atoms with E-state index in [4.69, 9.17) is 20.3 Å². The molecule has 0 radical (unpaired) electrons. The predicted molar refractivity (Wildman–Crippen MR) is 225 cm³/mol. The minimum absolute atomic E-state index is 0.118. The number of H-pyrrole nitrogens is 1. The molecule has 16 nitrogen and oxygen atoms in total. The van der Waals surface area contributed by atoms with Crippen molar-refractivity contribution in [2.45, 2.75) is 77.2 Å². The molecule has 1 aliphatic carbocycles. The fourth-order valence-corrected chi connectivity index (χ4v) is 8.34. The molecule has 1 saturated heterocycles. The number of hydrogen-bond acceptors (Lipinski definition) is 10. The number of likely N-dealkylation sites (tertiary alicyclic amines) is 1. The van der Waals surface area contributed by atoms with Gasteiger partial charge >= 0.3 is 12.2 Å². The van der Waals surface area contributed by atoms with Crippen molar-refractivity contribution in [1.29, 1.82) is 0 Å². The van der Waals surface area contributed by atoms with Crippen molar-refractivity contribution in [2.75, 3.05) is 33.2 Å². The molecule has 3 aliphatic rings. The summed E-state index contributed by atoms with van der Waals surface area (Å²) in [6, 6.07) is 13.1. The molecular weight excluding hydrogens is 767 g/mol. The summed E-state index contributed by atoms with van der Waals surface area (Å²) >= 11 is 0. The number of hydrogen-bond donors (Lipinski definition) is 4. The summed E-state index contributed by atoms with van der Waals surface area (Å²) in [6.45, 7) is 4.76. The summed E-state index contributed by atoms with van der Waals surface area (Å²) in [5.41, 5.74) is 6.92. The standard InChI is InChI=1S/C44H49N9O7/c1-5-25(2)52(38(54)22-47-43(56)58-3)23-37-46-21-35(53(37)45)28-13-15-30-29(18-28)24-60-36-20-31-27(19-32(30)36)14-16-33-40(31)49-41(48-33)34-12-9-17-51(34)42(55)39(50-44(57)59-4)26-10-7-6-8-11-26/h7,10-11,13-16,18-21,25,34,39H,5-6,8-9,12,17,22-24,45H2,1-4H3,(H,47,56)(H,48,49)(H,50,57)/t25-,34?,39+/m0/s1.